The first-order valence-electron chi connectivity index (χ1n) is 7.02. The molecule has 2 fully saturated rings. The second kappa shape index (κ2) is 7.45. The molecule has 1 unspecified atom stereocenters. The molecule has 2 aliphatic rings. The molecule has 0 aliphatic carbocycles. The average Bonchev–Trinajstić information content (AvgIpc) is 2.54. The van der Waals surface area contributed by atoms with Crippen LogP contribution in [0.1, 0.15) is 0 Å². The summed E-state index contributed by atoms with van der Waals surface area (Å²) in [5.41, 5.74) is 0. The van der Waals surface area contributed by atoms with Gasteiger partial charge in [-0.1, -0.05) is 0 Å². The first-order chi connectivity index (χ1) is 11.6. The number of carboxylic acid groups (broad SMARTS) is 2. The van der Waals surface area contributed by atoms with Gasteiger partial charge >= 0.3 is 0 Å². The van der Waals surface area contributed by atoms with Crippen LogP contribution in [0.4, 0.5) is 0 Å². The van der Waals surface area contributed by atoms with Crippen molar-refractivity contribution in [3.63, 3.8) is 0 Å². The number of hydrogen-bond donors (Lipinski definition) is 6. The van der Waals surface area contributed by atoms with Crippen LogP contribution < -0.4 is 10.2 Å². The van der Waals surface area contributed by atoms with Crippen molar-refractivity contribution < 1.29 is 64.7 Å². The molecule has 144 valence electrons. The second-order valence-electron chi connectivity index (χ2n) is 5.56. The van der Waals surface area contributed by atoms with Gasteiger partial charge in [-0.25, -0.2) is 0 Å². The Morgan fingerprint density at radius 2 is 1.28 bits per heavy atom. The van der Waals surface area contributed by atoms with Crippen LogP contribution in [0, 0.1) is 0 Å². The fourth-order valence-corrected chi connectivity index (χ4v) is 2.50. The van der Waals surface area contributed by atoms with E-state index >= 15 is 0 Å². The van der Waals surface area contributed by atoms with Crippen LogP contribution in [0.5, 0.6) is 0 Å². The van der Waals surface area contributed by atoms with Crippen LogP contribution in [-0.2, 0) is 23.8 Å². The van der Waals surface area contributed by atoms with Gasteiger partial charge in [0.25, 0.3) is 0 Å². The van der Waals surface area contributed by atoms with Crippen LogP contribution in [-0.4, -0.2) is 104 Å². The number of aliphatic hydroxyl groups excluding tert-OH is 6. The summed E-state index contributed by atoms with van der Waals surface area (Å²) in [5.74, 6) is -3.92. The smallest absolute Gasteiger partial charge is 0.187 e. The SMILES string of the molecule is O=C([O-])[C@H]1O[C@H](O[C@@H]2[C@H](O)[C@@H](O)C(O)O[C@@H]2C(=O)[O-])[C@H](O)[C@@H](O)[C@H]1O. The van der Waals surface area contributed by atoms with Gasteiger partial charge in [-0.3, -0.25) is 0 Å². The molecule has 0 bridgehead atoms. The summed E-state index contributed by atoms with van der Waals surface area (Å²) in [7, 11) is 0. The highest BCUT2D eigenvalue weighted by molar-refractivity contribution is 5.71. The topological polar surface area (TPSA) is 229 Å². The van der Waals surface area contributed by atoms with E-state index in [4.69, 9.17) is 9.47 Å². The molecule has 13 nitrogen and oxygen atoms in total. The van der Waals surface area contributed by atoms with Gasteiger partial charge in [-0.2, -0.15) is 0 Å². The molecule has 0 aromatic rings. The number of carbonyl (C=O) groups excluding carboxylic acids is 2. The molecule has 2 saturated heterocycles. The van der Waals surface area contributed by atoms with Crippen LogP contribution in [0.3, 0.4) is 0 Å². The number of ether oxygens (including phenoxy) is 3. The van der Waals surface area contributed by atoms with E-state index in [1.807, 2.05) is 0 Å². The summed E-state index contributed by atoms with van der Waals surface area (Å²) in [6.45, 7) is 0. The maximum Gasteiger partial charge on any atom is 0.187 e. The van der Waals surface area contributed by atoms with E-state index in [1.165, 1.54) is 0 Å². The summed E-state index contributed by atoms with van der Waals surface area (Å²) in [6.07, 6.45) is -20.6. The average molecular weight is 368 g/mol. The molecule has 0 aromatic carbocycles. The Balaban J connectivity index is 2.22. The number of aliphatic hydroxyl groups is 6. The first-order valence-corrected chi connectivity index (χ1v) is 7.02. The molecule has 0 amide bonds. The lowest BCUT2D eigenvalue weighted by Gasteiger charge is -2.46. The van der Waals surface area contributed by atoms with Crippen molar-refractivity contribution >= 4 is 11.9 Å². The molecular formula is C12H16O13-2. The molecule has 0 saturated carbocycles. The van der Waals surface area contributed by atoms with Gasteiger partial charge in [0.1, 0.15) is 48.8 Å². The predicted octanol–water partition coefficient (Wildman–Crippen LogP) is -7.88. The van der Waals surface area contributed by atoms with E-state index in [0.717, 1.165) is 0 Å². The van der Waals surface area contributed by atoms with Crippen LogP contribution in [0.15, 0.2) is 0 Å². The predicted molar refractivity (Wildman–Crippen MR) is 64.5 cm³/mol. The standard InChI is InChI=1S/C12H18O13/c13-1-2(14)7(9(18)19)25-12(5(1)17)24-6-3(15)4(16)11(22)23-8(6)10(20)21/h1-8,11-17,22H,(H,18,19)(H,20,21)/p-2/t1-,2+,3+,4+,5+,6+,7-,8-,11?,12-/m0/s1. The van der Waals surface area contributed by atoms with Crippen LogP contribution in [0.25, 0.3) is 0 Å². The fourth-order valence-electron chi connectivity index (χ4n) is 2.50. The summed E-state index contributed by atoms with van der Waals surface area (Å²) in [5, 5.41) is 79.6. The molecule has 2 rings (SSSR count). The fraction of sp³-hybridized carbons (Fsp3) is 0.833. The summed E-state index contributed by atoms with van der Waals surface area (Å²) in [4.78, 5) is 21.9. The Labute approximate surface area is 139 Å². The molecule has 2 aliphatic heterocycles. The molecule has 25 heavy (non-hydrogen) atoms. The van der Waals surface area contributed by atoms with E-state index in [-0.39, 0.29) is 0 Å². The van der Waals surface area contributed by atoms with Gasteiger partial charge in [0.15, 0.2) is 12.6 Å². The Morgan fingerprint density at radius 1 is 0.720 bits per heavy atom. The number of carboxylic acids is 2. The van der Waals surface area contributed by atoms with Crippen molar-refractivity contribution in [2.75, 3.05) is 0 Å². The van der Waals surface area contributed by atoms with E-state index in [0.29, 0.717) is 0 Å². The number of aliphatic carboxylic acids is 2. The van der Waals surface area contributed by atoms with Gasteiger partial charge in [0.05, 0.1) is 11.9 Å². The van der Waals surface area contributed by atoms with E-state index in [1.54, 1.807) is 0 Å². The number of rotatable bonds is 4. The van der Waals surface area contributed by atoms with Crippen LogP contribution in [0.2, 0.25) is 0 Å². The normalized spacial score (nSPS) is 48.1. The van der Waals surface area contributed by atoms with E-state index in [2.05, 4.69) is 4.74 Å². The van der Waals surface area contributed by atoms with Gasteiger partial charge in [-0.15, -0.1) is 0 Å². The van der Waals surface area contributed by atoms with E-state index < -0.39 is 73.4 Å². The lowest BCUT2D eigenvalue weighted by Crippen LogP contribution is -2.67. The van der Waals surface area contributed by atoms with Crippen molar-refractivity contribution in [1.29, 1.82) is 0 Å². The highest BCUT2D eigenvalue weighted by Gasteiger charge is 2.50. The Kier molecular flexibility index (Phi) is 5.93. The molecule has 2 heterocycles. The van der Waals surface area contributed by atoms with Gasteiger partial charge in [-0.05, 0) is 0 Å². The Hall–Kier alpha value is -1.42. The third kappa shape index (κ3) is 3.74. The van der Waals surface area contributed by atoms with Gasteiger partial charge < -0.3 is 64.7 Å². The summed E-state index contributed by atoms with van der Waals surface area (Å²) < 4.78 is 14.2. The highest BCUT2D eigenvalue weighted by atomic mass is 16.7. The maximum absolute atomic E-state index is 11.1. The van der Waals surface area contributed by atoms with Crippen LogP contribution >= 0.6 is 0 Å². The van der Waals surface area contributed by atoms with Gasteiger partial charge in [0.2, 0.25) is 0 Å². The van der Waals surface area contributed by atoms with Crippen molar-refractivity contribution in [2.45, 2.75) is 61.4 Å². The molecule has 6 N–H and O–H groups in total. The molecule has 13 heteroatoms. The lowest BCUT2D eigenvalue weighted by molar-refractivity contribution is -0.379. The van der Waals surface area contributed by atoms with Crippen molar-refractivity contribution in [3.8, 4) is 0 Å². The zero-order valence-corrected chi connectivity index (χ0v) is 12.3. The lowest BCUT2D eigenvalue weighted by atomic mass is 9.96. The molecule has 0 spiro atoms. The third-order valence-electron chi connectivity index (χ3n) is 3.89. The molecule has 0 radical (unpaired) electrons. The molecular weight excluding hydrogens is 352 g/mol. The summed E-state index contributed by atoms with van der Waals surface area (Å²) >= 11 is 0. The Bertz CT molecular complexity index is 511. The third-order valence-corrected chi connectivity index (χ3v) is 3.89. The van der Waals surface area contributed by atoms with E-state index in [9.17, 15) is 50.4 Å². The Morgan fingerprint density at radius 3 is 1.80 bits per heavy atom. The monoisotopic (exact) mass is 368 g/mol. The van der Waals surface area contributed by atoms with Crippen molar-refractivity contribution in [1.82, 2.24) is 0 Å². The zero-order valence-electron chi connectivity index (χ0n) is 12.3. The highest BCUT2D eigenvalue weighted by Crippen LogP contribution is 2.28. The minimum absolute atomic E-state index is 1.96. The maximum atomic E-state index is 11.1. The molecule has 0 aromatic heterocycles. The number of carbonyl (C=O) groups is 2. The van der Waals surface area contributed by atoms with Gasteiger partial charge in [0, 0.05) is 0 Å². The molecule has 10 atom stereocenters. The van der Waals surface area contributed by atoms with Crippen molar-refractivity contribution in [3.05, 3.63) is 0 Å². The minimum atomic E-state index is -2.14. The quantitative estimate of drug-likeness (QED) is 0.271. The number of hydrogen-bond acceptors (Lipinski definition) is 13. The van der Waals surface area contributed by atoms with Crippen molar-refractivity contribution in [2.24, 2.45) is 0 Å². The first kappa shape index (κ1) is 19.9. The minimum Gasteiger partial charge on any atom is -0.547 e. The second-order valence-corrected chi connectivity index (χ2v) is 5.56. The largest absolute Gasteiger partial charge is 0.547 e. The zero-order chi connectivity index (χ0) is 19.0. The summed E-state index contributed by atoms with van der Waals surface area (Å²) in [6, 6.07) is 0.